The molecule has 2 aromatic carbocycles. The number of Topliss-reactive ketones (excluding diaryl/α,β-unsaturated/α-hetero) is 1. The fraction of sp³-hybridized carbons (Fsp3) is 0.200. The predicted octanol–water partition coefficient (Wildman–Crippen LogP) is 6.83. The predicted molar refractivity (Wildman–Crippen MR) is 137 cm³/mol. The van der Waals surface area contributed by atoms with Gasteiger partial charge in [-0.05, 0) is 72.0 Å². The van der Waals surface area contributed by atoms with E-state index in [2.05, 4.69) is 15.1 Å². The molecule has 5 nitrogen and oxygen atoms in total. The molecule has 0 amide bonds. The molecule has 0 spiro atoms. The number of benzene rings is 2. The second-order valence-corrected chi connectivity index (χ2v) is 9.19. The first-order valence-electron chi connectivity index (χ1n) is 12.0. The van der Waals surface area contributed by atoms with Crippen LogP contribution >= 0.6 is 0 Å². The number of ketones is 1. The van der Waals surface area contributed by atoms with E-state index in [1.165, 1.54) is 6.07 Å². The van der Waals surface area contributed by atoms with Crippen LogP contribution in [0.15, 0.2) is 90.5 Å². The van der Waals surface area contributed by atoms with Crippen LogP contribution in [-0.2, 0) is 4.84 Å². The summed E-state index contributed by atoms with van der Waals surface area (Å²) in [7, 11) is 0. The third-order valence-corrected chi connectivity index (χ3v) is 6.46. The van der Waals surface area contributed by atoms with E-state index in [-0.39, 0.29) is 23.6 Å². The van der Waals surface area contributed by atoms with Gasteiger partial charge in [0, 0.05) is 48.1 Å². The van der Waals surface area contributed by atoms with E-state index in [1.807, 2.05) is 62.4 Å². The monoisotopic (exact) mass is 479 g/mol. The van der Waals surface area contributed by atoms with E-state index in [1.54, 1.807) is 30.7 Å². The molecular formula is C30H26FN3O2. The van der Waals surface area contributed by atoms with Gasteiger partial charge in [0.15, 0.2) is 11.9 Å². The summed E-state index contributed by atoms with van der Waals surface area (Å²) in [5.41, 5.74) is 5.65. The summed E-state index contributed by atoms with van der Waals surface area (Å²) in [6.45, 7) is 3.85. The van der Waals surface area contributed by atoms with Crippen LogP contribution in [-0.4, -0.2) is 21.5 Å². The zero-order chi connectivity index (χ0) is 25.1. The van der Waals surface area contributed by atoms with Crippen molar-refractivity contribution in [3.63, 3.8) is 0 Å². The summed E-state index contributed by atoms with van der Waals surface area (Å²) < 4.78 is 14.9. The molecule has 36 heavy (non-hydrogen) atoms. The minimum atomic E-state index is -0.328. The average Bonchev–Trinajstić information content (AvgIpc) is 3.40. The second-order valence-electron chi connectivity index (χ2n) is 9.19. The van der Waals surface area contributed by atoms with Crippen molar-refractivity contribution in [3.8, 4) is 11.1 Å². The number of pyridine rings is 2. The Morgan fingerprint density at radius 1 is 1.06 bits per heavy atom. The lowest BCUT2D eigenvalue weighted by Crippen LogP contribution is -2.09. The fourth-order valence-electron chi connectivity index (χ4n) is 4.42. The number of nitrogens with zero attached hydrogens (tertiary/aromatic N) is 3. The van der Waals surface area contributed by atoms with Crippen LogP contribution < -0.4 is 0 Å². The Morgan fingerprint density at radius 2 is 1.92 bits per heavy atom. The molecule has 0 bridgehead atoms. The Morgan fingerprint density at radius 3 is 2.67 bits per heavy atom. The number of rotatable bonds is 7. The molecule has 180 valence electrons. The maximum absolute atomic E-state index is 14.9. The Balaban J connectivity index is 1.49. The Hall–Kier alpha value is -4.19. The van der Waals surface area contributed by atoms with Gasteiger partial charge < -0.3 is 4.84 Å². The largest absolute Gasteiger partial charge is 0.385 e. The topological polar surface area (TPSA) is 64.4 Å². The number of carbonyl (C=O) groups excluding carboxylic acids is 1. The zero-order valence-corrected chi connectivity index (χ0v) is 20.2. The van der Waals surface area contributed by atoms with E-state index in [0.29, 0.717) is 35.2 Å². The lowest BCUT2D eigenvalue weighted by atomic mass is 9.90. The van der Waals surface area contributed by atoms with Gasteiger partial charge in [-0.2, -0.15) is 0 Å². The highest BCUT2D eigenvalue weighted by molar-refractivity contribution is 6.06. The van der Waals surface area contributed by atoms with Crippen LogP contribution in [0.2, 0.25) is 0 Å². The number of aromatic nitrogens is 2. The van der Waals surface area contributed by atoms with Gasteiger partial charge in [0.25, 0.3) is 0 Å². The van der Waals surface area contributed by atoms with Crippen LogP contribution in [0, 0.1) is 12.7 Å². The van der Waals surface area contributed by atoms with Gasteiger partial charge in [-0.15, -0.1) is 0 Å². The third kappa shape index (κ3) is 5.08. The molecule has 1 aliphatic heterocycles. The van der Waals surface area contributed by atoms with Gasteiger partial charge in [0.2, 0.25) is 0 Å². The maximum Gasteiger partial charge on any atom is 0.174 e. The molecule has 2 aromatic heterocycles. The summed E-state index contributed by atoms with van der Waals surface area (Å²) in [5, 5.41) is 4.31. The average molecular weight is 480 g/mol. The van der Waals surface area contributed by atoms with E-state index in [9.17, 15) is 9.18 Å². The Bertz CT molecular complexity index is 1420. The smallest absolute Gasteiger partial charge is 0.174 e. The van der Waals surface area contributed by atoms with Crippen molar-refractivity contribution < 1.29 is 14.0 Å². The maximum atomic E-state index is 14.9. The number of oxime groups is 1. The molecule has 5 rings (SSSR count). The quantitative estimate of drug-likeness (QED) is 0.272. The van der Waals surface area contributed by atoms with Crippen molar-refractivity contribution in [1.82, 2.24) is 9.97 Å². The van der Waals surface area contributed by atoms with Gasteiger partial charge >= 0.3 is 0 Å². The molecule has 0 N–H and O–H groups in total. The van der Waals surface area contributed by atoms with E-state index < -0.39 is 0 Å². The summed E-state index contributed by atoms with van der Waals surface area (Å²) >= 11 is 0. The zero-order valence-electron chi connectivity index (χ0n) is 20.2. The fourth-order valence-corrected chi connectivity index (χ4v) is 4.42. The number of hydrogen-bond donors (Lipinski definition) is 0. The highest BCUT2D eigenvalue weighted by Crippen LogP contribution is 2.32. The normalized spacial score (nSPS) is 15.8. The molecule has 1 aliphatic rings. The van der Waals surface area contributed by atoms with Crippen molar-refractivity contribution in [2.45, 2.75) is 38.7 Å². The van der Waals surface area contributed by atoms with Gasteiger partial charge in [-0.1, -0.05) is 36.3 Å². The molecule has 0 saturated heterocycles. The van der Waals surface area contributed by atoms with E-state index >= 15 is 0 Å². The number of halogens is 1. The van der Waals surface area contributed by atoms with Crippen molar-refractivity contribution in [3.05, 3.63) is 119 Å². The van der Waals surface area contributed by atoms with E-state index in [4.69, 9.17) is 4.84 Å². The van der Waals surface area contributed by atoms with Crippen LogP contribution in [0.3, 0.4) is 0 Å². The molecule has 0 fully saturated rings. The summed E-state index contributed by atoms with van der Waals surface area (Å²) in [6, 6.07) is 20.1. The number of aryl methyl sites for hydroxylation is 1. The molecular weight excluding hydrogens is 453 g/mol. The van der Waals surface area contributed by atoms with Crippen LogP contribution in [0.5, 0.6) is 0 Å². The number of carbonyl (C=O) groups is 1. The lowest BCUT2D eigenvalue weighted by molar-refractivity contribution is 0.0826. The van der Waals surface area contributed by atoms with Gasteiger partial charge in [-0.3, -0.25) is 14.8 Å². The third-order valence-electron chi connectivity index (χ3n) is 6.46. The summed E-state index contributed by atoms with van der Waals surface area (Å²) in [6.07, 6.45) is 5.74. The van der Waals surface area contributed by atoms with Crippen molar-refractivity contribution in [2.24, 2.45) is 5.16 Å². The van der Waals surface area contributed by atoms with Crippen molar-refractivity contribution in [2.75, 3.05) is 0 Å². The van der Waals surface area contributed by atoms with Gasteiger partial charge in [-0.25, -0.2) is 4.39 Å². The highest BCUT2D eigenvalue weighted by Gasteiger charge is 2.26. The lowest BCUT2D eigenvalue weighted by Gasteiger charge is -2.13. The molecule has 2 unspecified atom stereocenters. The standard InChI is InChI=1S/C30H26FN3O2/c1-19-8-9-25(26(31)12-19)22-14-23(28-17-30(36-34-28)27-7-3-4-11-33-27)16-24(15-22)29(35)13-20(2)21-6-5-10-32-18-21/h3-12,14-16,18,20,30H,13,17H2,1-2H3. The van der Waals surface area contributed by atoms with Gasteiger partial charge in [0.05, 0.1) is 11.4 Å². The molecule has 3 heterocycles. The van der Waals surface area contributed by atoms with E-state index in [0.717, 1.165) is 22.4 Å². The molecule has 0 radical (unpaired) electrons. The minimum Gasteiger partial charge on any atom is -0.385 e. The first kappa shape index (κ1) is 23.5. The van der Waals surface area contributed by atoms with Crippen molar-refractivity contribution in [1.29, 1.82) is 0 Å². The second kappa shape index (κ2) is 10.2. The first-order chi connectivity index (χ1) is 17.5. The Labute approximate surface area is 209 Å². The van der Waals surface area contributed by atoms with Crippen LogP contribution in [0.1, 0.15) is 64.5 Å². The molecule has 4 aromatic rings. The van der Waals surface area contributed by atoms with Gasteiger partial charge in [0.1, 0.15) is 5.82 Å². The molecule has 0 aliphatic carbocycles. The summed E-state index contributed by atoms with van der Waals surface area (Å²) in [4.78, 5) is 27.6. The SMILES string of the molecule is Cc1ccc(-c2cc(C(=O)CC(C)c3cccnc3)cc(C3=NOC(c4ccccn4)C3)c2)c(F)c1. The Kier molecular flexibility index (Phi) is 6.67. The minimum absolute atomic E-state index is 0.00453. The molecule has 2 atom stereocenters. The first-order valence-corrected chi connectivity index (χ1v) is 12.0. The highest BCUT2D eigenvalue weighted by atomic mass is 19.1. The van der Waals surface area contributed by atoms with Crippen LogP contribution in [0.4, 0.5) is 4.39 Å². The molecule has 6 heteroatoms. The van der Waals surface area contributed by atoms with Crippen LogP contribution in [0.25, 0.3) is 11.1 Å². The summed E-state index contributed by atoms with van der Waals surface area (Å²) in [5.74, 6) is -0.358. The van der Waals surface area contributed by atoms with Crippen molar-refractivity contribution >= 4 is 11.5 Å². The molecule has 0 saturated carbocycles. The number of hydrogen-bond acceptors (Lipinski definition) is 5.